The van der Waals surface area contributed by atoms with Gasteiger partial charge in [-0.1, -0.05) is 0 Å². The fourth-order valence-electron chi connectivity index (χ4n) is 1.53. The third-order valence-electron chi connectivity index (χ3n) is 2.45. The van der Waals surface area contributed by atoms with Gasteiger partial charge in [-0.25, -0.2) is 18.0 Å². The van der Waals surface area contributed by atoms with Crippen molar-refractivity contribution in [3.63, 3.8) is 0 Å². The second-order valence-corrected chi connectivity index (χ2v) is 3.76. The van der Waals surface area contributed by atoms with E-state index in [0.717, 1.165) is 0 Å². The molecular formula is C12H12F3NO4. The van der Waals surface area contributed by atoms with Crippen molar-refractivity contribution >= 4 is 12.4 Å². The lowest BCUT2D eigenvalue weighted by Crippen LogP contribution is -2.42. The number of halogens is 3. The summed E-state index contributed by atoms with van der Waals surface area (Å²) in [7, 11) is 0. The first kappa shape index (κ1) is 16.0. The van der Waals surface area contributed by atoms with Crippen LogP contribution in [0.5, 0.6) is 0 Å². The van der Waals surface area contributed by atoms with E-state index in [1.165, 1.54) is 6.92 Å². The quantitative estimate of drug-likeness (QED) is 0.462. The molecule has 0 spiro atoms. The van der Waals surface area contributed by atoms with Crippen molar-refractivity contribution in [3.05, 3.63) is 35.1 Å². The Morgan fingerprint density at radius 3 is 2.40 bits per heavy atom. The minimum atomic E-state index is -1.79. The number of rotatable bonds is 6. The topological polar surface area (TPSA) is 75.6 Å². The molecule has 20 heavy (non-hydrogen) atoms. The third kappa shape index (κ3) is 3.47. The molecular weight excluding hydrogens is 279 g/mol. The number of esters is 1. The summed E-state index contributed by atoms with van der Waals surface area (Å²) in [5.74, 6) is -5.73. The zero-order valence-electron chi connectivity index (χ0n) is 10.4. The van der Waals surface area contributed by atoms with Gasteiger partial charge < -0.3 is 15.2 Å². The minimum absolute atomic E-state index is 0.0191. The van der Waals surface area contributed by atoms with Crippen LogP contribution in [0.4, 0.5) is 13.2 Å². The highest BCUT2D eigenvalue weighted by atomic mass is 19.2. The van der Waals surface area contributed by atoms with E-state index in [1.54, 1.807) is 0 Å². The van der Waals surface area contributed by atoms with Gasteiger partial charge in [0.05, 0.1) is 6.61 Å². The van der Waals surface area contributed by atoms with E-state index in [2.05, 4.69) is 4.74 Å². The second-order valence-electron chi connectivity index (χ2n) is 3.76. The van der Waals surface area contributed by atoms with Crippen molar-refractivity contribution in [1.29, 1.82) is 0 Å². The Hall–Kier alpha value is -2.09. The van der Waals surface area contributed by atoms with Gasteiger partial charge in [0, 0.05) is 0 Å². The number of aliphatic hydroxyl groups excluding tert-OH is 1. The number of hydrogen-bond donors (Lipinski definition) is 2. The molecule has 2 N–H and O–H groups in total. The van der Waals surface area contributed by atoms with Gasteiger partial charge in [-0.15, -0.1) is 0 Å². The van der Waals surface area contributed by atoms with Crippen molar-refractivity contribution in [2.75, 3.05) is 6.61 Å². The second kappa shape index (κ2) is 6.90. The summed E-state index contributed by atoms with van der Waals surface area (Å²) in [4.78, 5) is 21.9. The van der Waals surface area contributed by atoms with E-state index in [1.807, 2.05) is 5.32 Å². The highest BCUT2D eigenvalue weighted by Gasteiger charge is 2.30. The van der Waals surface area contributed by atoms with Crippen LogP contribution in [-0.2, 0) is 14.3 Å². The summed E-state index contributed by atoms with van der Waals surface area (Å²) in [6, 6.07) is -0.499. The number of amides is 1. The minimum Gasteiger partial charge on any atom is -0.464 e. The largest absolute Gasteiger partial charge is 0.464 e. The van der Waals surface area contributed by atoms with Crippen molar-refractivity contribution in [1.82, 2.24) is 5.32 Å². The Balaban J connectivity index is 3.08. The number of ether oxygens (including phenoxy) is 1. The summed E-state index contributed by atoms with van der Waals surface area (Å²) < 4.78 is 43.5. The summed E-state index contributed by atoms with van der Waals surface area (Å²) in [5.41, 5.74) is -0.409. The van der Waals surface area contributed by atoms with Crippen LogP contribution >= 0.6 is 0 Å². The fourth-order valence-corrected chi connectivity index (χ4v) is 1.53. The van der Waals surface area contributed by atoms with Gasteiger partial charge in [-0.2, -0.15) is 0 Å². The highest BCUT2D eigenvalue weighted by Crippen LogP contribution is 2.22. The van der Waals surface area contributed by atoms with Gasteiger partial charge in [0.2, 0.25) is 6.41 Å². The van der Waals surface area contributed by atoms with Crippen LogP contribution in [0.25, 0.3) is 0 Å². The molecule has 110 valence electrons. The lowest BCUT2D eigenvalue weighted by molar-refractivity contribution is -0.149. The SMILES string of the molecule is CCOC(=O)C(NC=O)C(O)c1cc(F)c(F)c(F)c1. The number of carbonyl (C=O) groups excluding carboxylic acids is 2. The molecule has 1 amide bonds. The standard InChI is InChI=1S/C12H12F3NO4/c1-2-20-12(19)10(16-5-17)11(18)6-3-7(13)9(15)8(14)4-6/h3-5,10-11,18H,2H2,1H3,(H,16,17). The Morgan fingerprint density at radius 1 is 1.40 bits per heavy atom. The molecule has 1 aromatic carbocycles. The molecule has 0 aromatic heterocycles. The molecule has 1 aromatic rings. The van der Waals surface area contributed by atoms with Crippen molar-refractivity contribution in [2.24, 2.45) is 0 Å². The van der Waals surface area contributed by atoms with E-state index in [4.69, 9.17) is 0 Å². The first-order valence-corrected chi connectivity index (χ1v) is 5.61. The zero-order chi connectivity index (χ0) is 15.3. The van der Waals surface area contributed by atoms with Gasteiger partial charge in [0.15, 0.2) is 23.5 Å². The normalized spacial score (nSPS) is 13.4. The van der Waals surface area contributed by atoms with E-state index in [-0.39, 0.29) is 13.0 Å². The molecule has 0 aliphatic carbocycles. The van der Waals surface area contributed by atoms with Crippen LogP contribution in [0.15, 0.2) is 12.1 Å². The van der Waals surface area contributed by atoms with Gasteiger partial charge in [-0.3, -0.25) is 4.79 Å². The summed E-state index contributed by atoms with van der Waals surface area (Å²) in [5, 5.41) is 11.8. The van der Waals surface area contributed by atoms with Crippen LogP contribution in [-0.4, -0.2) is 30.1 Å². The summed E-state index contributed by atoms with van der Waals surface area (Å²) >= 11 is 0. The Kier molecular flexibility index (Phi) is 5.51. The van der Waals surface area contributed by atoms with E-state index in [0.29, 0.717) is 12.1 Å². The molecule has 0 saturated heterocycles. The predicted octanol–water partition coefficient (Wildman–Crippen LogP) is 0.815. The molecule has 0 radical (unpaired) electrons. The Labute approximate surface area is 112 Å². The monoisotopic (exact) mass is 291 g/mol. The first-order chi connectivity index (χ1) is 9.42. The molecule has 0 heterocycles. The van der Waals surface area contributed by atoms with E-state index < -0.39 is 41.1 Å². The summed E-state index contributed by atoms with van der Waals surface area (Å²) in [6.07, 6.45) is -1.66. The Bertz CT molecular complexity index is 486. The Morgan fingerprint density at radius 2 is 1.95 bits per heavy atom. The number of carbonyl (C=O) groups is 2. The summed E-state index contributed by atoms with van der Waals surface area (Å²) in [6.45, 7) is 1.48. The van der Waals surface area contributed by atoms with Crippen molar-refractivity contribution in [3.8, 4) is 0 Å². The molecule has 0 saturated carbocycles. The number of benzene rings is 1. The van der Waals surface area contributed by atoms with E-state index >= 15 is 0 Å². The van der Waals surface area contributed by atoms with Crippen molar-refractivity contribution in [2.45, 2.75) is 19.1 Å². The molecule has 5 nitrogen and oxygen atoms in total. The average Bonchev–Trinajstić information content (AvgIpc) is 2.41. The maximum Gasteiger partial charge on any atom is 0.331 e. The molecule has 8 heteroatoms. The van der Waals surface area contributed by atoms with Crippen LogP contribution in [0.3, 0.4) is 0 Å². The van der Waals surface area contributed by atoms with Crippen LogP contribution in [0.2, 0.25) is 0 Å². The molecule has 2 atom stereocenters. The van der Waals surface area contributed by atoms with Gasteiger partial charge in [-0.05, 0) is 24.6 Å². The number of nitrogens with one attached hydrogen (secondary N) is 1. The molecule has 0 fully saturated rings. The van der Waals surface area contributed by atoms with Gasteiger partial charge in [0.1, 0.15) is 6.10 Å². The molecule has 1 rings (SSSR count). The average molecular weight is 291 g/mol. The fraction of sp³-hybridized carbons (Fsp3) is 0.333. The van der Waals surface area contributed by atoms with Gasteiger partial charge in [0.25, 0.3) is 0 Å². The van der Waals surface area contributed by atoms with Crippen molar-refractivity contribution < 1.29 is 32.6 Å². The maximum absolute atomic E-state index is 13.1. The molecule has 0 bridgehead atoms. The third-order valence-corrected chi connectivity index (χ3v) is 2.45. The lowest BCUT2D eigenvalue weighted by Gasteiger charge is -2.21. The van der Waals surface area contributed by atoms with Gasteiger partial charge >= 0.3 is 5.97 Å². The van der Waals surface area contributed by atoms with E-state index in [9.17, 15) is 27.9 Å². The molecule has 2 unspecified atom stereocenters. The van der Waals surface area contributed by atoms with Crippen LogP contribution in [0.1, 0.15) is 18.6 Å². The number of hydrogen-bond acceptors (Lipinski definition) is 4. The zero-order valence-corrected chi connectivity index (χ0v) is 10.4. The lowest BCUT2D eigenvalue weighted by atomic mass is 10.0. The molecule has 0 aliphatic heterocycles. The number of aliphatic hydroxyl groups is 1. The van der Waals surface area contributed by atoms with Crippen LogP contribution < -0.4 is 5.32 Å². The predicted molar refractivity (Wildman–Crippen MR) is 60.9 cm³/mol. The van der Waals surface area contributed by atoms with Crippen LogP contribution in [0, 0.1) is 17.5 Å². The highest BCUT2D eigenvalue weighted by molar-refractivity contribution is 5.79. The maximum atomic E-state index is 13.1. The smallest absolute Gasteiger partial charge is 0.331 e. The molecule has 0 aliphatic rings. The first-order valence-electron chi connectivity index (χ1n) is 5.61.